The molecular weight excluding hydrogens is 1270 g/mol. The zero-order valence-corrected chi connectivity index (χ0v) is 58.3. The highest BCUT2D eigenvalue weighted by molar-refractivity contribution is 5.99. The van der Waals surface area contributed by atoms with Crippen LogP contribution < -0.4 is 16.0 Å². The molecule has 10 atom stereocenters. The van der Waals surface area contributed by atoms with Gasteiger partial charge in [-0.05, 0) is 101 Å². The number of rotatable bonds is 10. The Morgan fingerprint density at radius 3 is 1.73 bits per heavy atom. The third-order valence-electron chi connectivity index (χ3n) is 21.5. The van der Waals surface area contributed by atoms with Crippen LogP contribution in [-0.2, 0) is 52.7 Å². The smallest absolute Gasteiger partial charge is 0.343 e. The molecule has 2 unspecified atom stereocenters. The summed E-state index contributed by atoms with van der Waals surface area (Å²) in [6.07, 6.45) is -6.71. The molecule has 2 saturated heterocycles. The van der Waals surface area contributed by atoms with Gasteiger partial charge >= 0.3 is 6.18 Å². The van der Waals surface area contributed by atoms with Crippen LogP contribution in [0.5, 0.6) is 0 Å². The van der Waals surface area contributed by atoms with E-state index < -0.39 is 219 Å². The summed E-state index contributed by atoms with van der Waals surface area (Å²) in [5.41, 5.74) is -1.79. The molecule has 0 bridgehead atoms. The summed E-state index contributed by atoms with van der Waals surface area (Å²) < 4.78 is 104. The fraction of sp³-hybridized carbons (Fsp3) is 0.836. The van der Waals surface area contributed by atoms with Crippen LogP contribution in [-0.4, -0.2) is 252 Å². The van der Waals surface area contributed by atoms with Gasteiger partial charge in [0.1, 0.15) is 60.1 Å². The van der Waals surface area contributed by atoms with Crippen molar-refractivity contribution in [2.75, 3.05) is 75.5 Å². The molecule has 2 aliphatic heterocycles. The second-order valence-corrected chi connectivity index (χ2v) is 29.3. The van der Waals surface area contributed by atoms with E-state index >= 15 is 31.9 Å². The van der Waals surface area contributed by atoms with Gasteiger partial charge in [0.2, 0.25) is 65.0 Å². The molecule has 11 amide bonds. The molecule has 0 aromatic rings. The first kappa shape index (κ1) is 78.7. The summed E-state index contributed by atoms with van der Waals surface area (Å²) in [5.74, 6) is -17.6. The van der Waals surface area contributed by atoms with E-state index in [4.69, 9.17) is 0 Å². The molecule has 29 heteroatoms. The van der Waals surface area contributed by atoms with Gasteiger partial charge in [-0.3, -0.25) is 52.7 Å². The number of carbonyl (C=O) groups excluding carboxylic acids is 11. The molecule has 2 heterocycles. The molecule has 6 fully saturated rings. The number of nitrogens with zero attached hydrogens (tertiary/aromatic N) is 8. The van der Waals surface area contributed by atoms with Crippen molar-refractivity contribution in [2.24, 2.45) is 35.5 Å². The number of likely N-dealkylation sites (N-methyl/N-ethyl adjacent to an activating group) is 7. The molecule has 96 heavy (non-hydrogen) atoms. The third kappa shape index (κ3) is 19.5. The molecule has 1 spiro atoms. The summed E-state index contributed by atoms with van der Waals surface area (Å²) in [4.78, 5) is 170. The van der Waals surface area contributed by atoms with Crippen LogP contribution in [0.2, 0.25) is 0 Å². The van der Waals surface area contributed by atoms with E-state index in [0.717, 1.165) is 51.7 Å². The van der Waals surface area contributed by atoms with Gasteiger partial charge in [-0.2, -0.15) is 13.2 Å². The number of alkyl halides is 7. The van der Waals surface area contributed by atoms with Gasteiger partial charge in [-0.1, -0.05) is 91.9 Å². The fourth-order valence-electron chi connectivity index (χ4n) is 15.3. The van der Waals surface area contributed by atoms with Gasteiger partial charge < -0.3 is 55.1 Å². The highest BCUT2D eigenvalue weighted by Crippen LogP contribution is 2.45. The Balaban J connectivity index is 1.40. The monoisotopic (exact) mass is 1370 g/mol. The quantitative estimate of drug-likeness (QED) is 0.213. The second-order valence-electron chi connectivity index (χ2n) is 29.3. The predicted octanol–water partition coefficient (Wildman–Crippen LogP) is 6.03. The summed E-state index contributed by atoms with van der Waals surface area (Å²) in [6, 6.07) is -9.40. The Bertz CT molecular complexity index is 2770. The number of carbonyl (C=O) groups is 11. The van der Waals surface area contributed by atoms with Gasteiger partial charge in [0.15, 0.2) is 0 Å². The molecule has 22 nitrogen and oxygen atoms in total. The van der Waals surface area contributed by atoms with Crippen LogP contribution in [0, 0.1) is 35.5 Å². The first-order chi connectivity index (χ1) is 44.8. The van der Waals surface area contributed by atoms with Gasteiger partial charge in [0.05, 0.1) is 26.2 Å². The van der Waals surface area contributed by atoms with E-state index in [0.29, 0.717) is 49.8 Å². The minimum absolute atomic E-state index is 0.000533. The Labute approximate surface area is 560 Å². The Morgan fingerprint density at radius 2 is 1.16 bits per heavy atom. The van der Waals surface area contributed by atoms with Gasteiger partial charge in [0.25, 0.3) is 5.92 Å². The average molecular weight is 1370 g/mol. The lowest BCUT2D eigenvalue weighted by Gasteiger charge is -2.41. The van der Waals surface area contributed by atoms with Gasteiger partial charge in [-0.25, -0.2) is 17.6 Å². The second kappa shape index (κ2) is 33.5. The van der Waals surface area contributed by atoms with Crippen molar-refractivity contribution < 1.29 is 83.5 Å². The Hall–Kier alpha value is -6.32. The predicted molar refractivity (Wildman–Crippen MR) is 341 cm³/mol. The van der Waals surface area contributed by atoms with Crippen LogP contribution in [0.25, 0.3) is 0 Å². The topological polar surface area (TPSA) is 250 Å². The van der Waals surface area contributed by atoms with Crippen molar-refractivity contribution >= 4 is 65.0 Å². The lowest BCUT2D eigenvalue weighted by molar-refractivity contribution is -0.219. The van der Waals surface area contributed by atoms with E-state index in [1.807, 2.05) is 20.8 Å². The van der Waals surface area contributed by atoms with Crippen LogP contribution >= 0.6 is 0 Å². The zero-order valence-electron chi connectivity index (χ0n) is 58.3. The molecule has 0 radical (unpaired) electrons. The number of amides is 11. The Morgan fingerprint density at radius 1 is 0.594 bits per heavy atom. The van der Waals surface area contributed by atoms with Gasteiger partial charge in [-0.15, -0.1) is 0 Å². The maximum Gasteiger partial charge on any atom is 0.397 e. The van der Waals surface area contributed by atoms with Crippen LogP contribution in [0.15, 0.2) is 0 Å². The molecular formula is C67H106F7N11O11. The lowest BCUT2D eigenvalue weighted by Crippen LogP contribution is -2.64. The third-order valence-corrected chi connectivity index (χ3v) is 21.5. The molecule has 6 rings (SSSR count). The number of nitrogens with one attached hydrogen (secondary N) is 3. The van der Waals surface area contributed by atoms with E-state index in [9.17, 15) is 51.5 Å². The minimum Gasteiger partial charge on any atom is -0.343 e. The molecule has 6 aliphatic rings. The maximum atomic E-state index is 16.0. The van der Waals surface area contributed by atoms with Crippen molar-refractivity contribution in [3.8, 4) is 0 Å². The standard InChI is InChI=1S/C67H106F7N11O11/c1-13-40(4)56-62(94)80(8)36-53(88)78(6)37-54(89)83(11)49(33-42-21-15-14-16-22-42)61(93)79(7)35-51(86)75-47(26-25-43-31-45(68)55(46(69)32-43)67(72,73)74)60(92)85-38-66(70,71)34-50(85)59(91)77-65(27-19-20-28-65)64(96)84(12)57(44-23-17-18-24-44)63(95)81(9)41(5)30-52(87)82(10)48(29-39(2)3)58(90)76-56/h39-50,55-57H,13-38H2,1-12H3,(H,75,86)(H,76,90)(H,77,91)/t40-,41+,43?,45?,46?,47-,48-,49-,50-,55?,56-,57-/m0/s1. The SMILES string of the molecule is CC[C@H](C)[C@@H]1NC(=O)[C@H](CC(C)C)N(C)C(=O)C[C@@H](C)N(C)C(=O)[C@H](C2CCCC2)N(C)C(=O)C2(CCCC2)NC(=O)[C@@H]2CC(F)(F)CN2C(=O)[C@H](CCC2CC(F)C(C(F)(F)F)C(F)C2)NC(=O)CN(C)C(=O)[C@H](CC2CCCCC2)N(C)C(=O)CN(C)C(=O)CN(C)C1=O. The zero-order chi connectivity index (χ0) is 71.6. The van der Waals surface area contributed by atoms with E-state index in [-0.39, 0.29) is 43.9 Å². The molecule has 4 saturated carbocycles. The molecule has 544 valence electrons. The number of hydrogen-bond donors (Lipinski definition) is 3. The number of fused-ring (bicyclic) bond motifs is 1. The lowest BCUT2D eigenvalue weighted by atomic mass is 9.76. The largest absolute Gasteiger partial charge is 0.397 e. The normalized spacial score (nSPS) is 31.2. The van der Waals surface area contributed by atoms with E-state index in [2.05, 4.69) is 16.0 Å². The highest BCUT2D eigenvalue weighted by Gasteiger charge is 2.57. The van der Waals surface area contributed by atoms with Gasteiger partial charge in [0, 0.05) is 68.2 Å². The van der Waals surface area contributed by atoms with Crippen molar-refractivity contribution in [1.29, 1.82) is 0 Å². The first-order valence-corrected chi connectivity index (χ1v) is 34.6. The van der Waals surface area contributed by atoms with Crippen molar-refractivity contribution in [2.45, 2.75) is 248 Å². The Kier molecular flexibility index (Phi) is 27.4. The first-order valence-electron chi connectivity index (χ1n) is 34.6. The van der Waals surface area contributed by atoms with Crippen molar-refractivity contribution in [1.82, 2.24) is 55.1 Å². The summed E-state index contributed by atoms with van der Waals surface area (Å²) in [6.45, 7) is 5.58. The molecule has 0 aromatic heterocycles. The molecule has 0 aromatic carbocycles. The maximum absolute atomic E-state index is 16.0. The number of hydrogen-bond acceptors (Lipinski definition) is 11. The highest BCUT2D eigenvalue weighted by atomic mass is 19.4. The number of halogens is 7. The van der Waals surface area contributed by atoms with E-state index in [1.54, 1.807) is 13.8 Å². The molecule has 3 N–H and O–H groups in total. The summed E-state index contributed by atoms with van der Waals surface area (Å²) in [7, 11) is 9.65. The minimum atomic E-state index is -5.22. The van der Waals surface area contributed by atoms with Crippen molar-refractivity contribution in [3.63, 3.8) is 0 Å². The fourth-order valence-corrected chi connectivity index (χ4v) is 15.3. The summed E-state index contributed by atoms with van der Waals surface area (Å²) >= 11 is 0. The molecule has 4 aliphatic carbocycles. The summed E-state index contributed by atoms with van der Waals surface area (Å²) in [5, 5.41) is 8.08. The van der Waals surface area contributed by atoms with Crippen LogP contribution in [0.3, 0.4) is 0 Å². The van der Waals surface area contributed by atoms with Crippen LogP contribution in [0.1, 0.15) is 176 Å². The van der Waals surface area contributed by atoms with E-state index in [1.165, 1.54) is 64.0 Å². The average Bonchev–Trinajstić information content (AvgIpc) is 1.50. The van der Waals surface area contributed by atoms with Crippen LogP contribution in [0.4, 0.5) is 30.7 Å². The van der Waals surface area contributed by atoms with Crippen molar-refractivity contribution in [3.05, 3.63) is 0 Å².